The quantitative estimate of drug-likeness (QED) is 0.0302. The zero-order valence-corrected chi connectivity index (χ0v) is 83.2. The second kappa shape index (κ2) is 69.4. The fourth-order valence-corrected chi connectivity index (χ4v) is 11.4. The molecule has 0 heterocycles. The second-order valence-electron chi connectivity index (χ2n) is 36.4. The maximum Gasteiger partial charge on any atom is 0.320 e. The number of carboxylic acid groups (broad SMARTS) is 4. The Balaban J connectivity index is 2.23. The van der Waals surface area contributed by atoms with Crippen molar-refractivity contribution in [2.45, 2.75) is 178 Å². The number of aliphatic carboxylic acids is 4. The molecule has 0 unspecified atom stereocenters. The van der Waals surface area contributed by atoms with Crippen LogP contribution in [0, 0.1) is 0 Å². The average molecular weight is 1920 g/mol. The van der Waals surface area contributed by atoms with Crippen molar-refractivity contribution in [1.29, 1.82) is 0 Å². The molecule has 0 atom stereocenters. The van der Waals surface area contributed by atoms with Crippen molar-refractivity contribution >= 4 is 29.8 Å². The Kier molecular flexibility index (Phi) is 62.5. The molecule has 39 nitrogen and oxygen atoms in total. The van der Waals surface area contributed by atoms with Crippen LogP contribution in [0.5, 0.6) is 46.0 Å². The number of nitrogens with zero attached hydrogens (tertiary/aromatic N) is 3. The summed E-state index contributed by atoms with van der Waals surface area (Å²) in [7, 11) is 0. The fourth-order valence-electron chi connectivity index (χ4n) is 11.4. The molecule has 0 spiro atoms. The molecule has 0 amide bonds. The van der Waals surface area contributed by atoms with Crippen LogP contribution < -0.4 is 37.9 Å². The fraction of sp³-hybridized carbons (Fsp3) is 0.758. The molecular formula is C95H161N3O36. The molecule has 0 saturated carbocycles. The van der Waals surface area contributed by atoms with Crippen molar-refractivity contribution in [2.24, 2.45) is 0 Å². The Hall–Kier alpha value is -7.43. The van der Waals surface area contributed by atoms with E-state index in [2.05, 4.69) is 0 Å². The Morgan fingerprint density at radius 3 is 0.649 bits per heavy atom. The number of ether oxygens (including phenoxy) is 27. The van der Waals surface area contributed by atoms with Crippen LogP contribution in [0.1, 0.15) is 141 Å². The smallest absolute Gasteiger partial charge is 0.320 e. The van der Waals surface area contributed by atoms with Crippen LogP contribution in [-0.4, -0.2) is 395 Å². The highest BCUT2D eigenvalue weighted by molar-refractivity contribution is 5.74. The van der Waals surface area contributed by atoms with E-state index in [1.165, 1.54) is 9.80 Å². The van der Waals surface area contributed by atoms with E-state index < -0.39 is 69.2 Å². The van der Waals surface area contributed by atoms with Gasteiger partial charge in [-0.3, -0.25) is 38.7 Å². The van der Waals surface area contributed by atoms with Gasteiger partial charge >= 0.3 is 29.8 Å². The topological polar surface area (TPSA) is 425 Å². The van der Waals surface area contributed by atoms with E-state index in [1.807, 2.05) is 125 Å². The summed E-state index contributed by atoms with van der Waals surface area (Å²) in [5.41, 5.74) is -0.458. The Bertz CT molecular complexity index is 3310. The lowest BCUT2D eigenvalue weighted by Crippen LogP contribution is -2.45. The summed E-state index contributed by atoms with van der Waals surface area (Å²) in [5.74, 6) is -4.05. The lowest BCUT2D eigenvalue weighted by atomic mass is 10.1. The van der Waals surface area contributed by atoms with Gasteiger partial charge in [-0.15, -0.1) is 0 Å². The Morgan fingerprint density at radius 1 is 0.224 bits per heavy atom. The van der Waals surface area contributed by atoms with Crippen molar-refractivity contribution in [3.05, 3.63) is 59.2 Å². The highest BCUT2D eigenvalue weighted by atomic mass is 16.6. The zero-order chi connectivity index (χ0) is 99.0. The SMILES string of the molecule is CC(C)(C)OCCOCCOCCOc1cc(COc2cc(COC(=O)CN(CCN(CCN(CC(=O)O)CC(=O)O)CC(=O)O)CC(=O)O)cc(OCc3cc(OCCOCCOCCOC(C)(C)C)c(OCCOCCOCCOC(C)(C)C)c(OCCOCCOCCOC(C)(C)C)c3)c2)cc(OCCOCCOCCOC(C)(C)C)c1OCCOCCOCCOC(C)(C)C. The molecule has 0 aliphatic heterocycles. The van der Waals surface area contributed by atoms with Crippen molar-refractivity contribution in [1.82, 2.24) is 14.7 Å². The van der Waals surface area contributed by atoms with E-state index in [9.17, 15) is 44.4 Å². The molecule has 4 N–H and O–H groups in total. The summed E-state index contributed by atoms with van der Waals surface area (Å²) in [6.07, 6.45) is 0. The number of hydrogen-bond donors (Lipinski definition) is 4. The molecule has 3 aromatic carbocycles. The molecule has 0 bridgehead atoms. The molecule has 3 aromatic rings. The first-order chi connectivity index (χ1) is 63.5. The molecular weight excluding hydrogens is 1760 g/mol. The molecule has 0 fully saturated rings. The van der Waals surface area contributed by atoms with Crippen LogP contribution in [0.3, 0.4) is 0 Å². The third-order valence-electron chi connectivity index (χ3n) is 17.3. The maximum absolute atomic E-state index is 14.1. The van der Waals surface area contributed by atoms with E-state index in [0.29, 0.717) is 136 Å². The summed E-state index contributed by atoms with van der Waals surface area (Å²) < 4.78 is 163. The normalized spacial score (nSPS) is 12.3. The summed E-state index contributed by atoms with van der Waals surface area (Å²) in [5, 5.41) is 38.8. The van der Waals surface area contributed by atoms with Crippen LogP contribution in [0.15, 0.2) is 42.5 Å². The van der Waals surface area contributed by atoms with Gasteiger partial charge in [0.05, 0.1) is 265 Å². The van der Waals surface area contributed by atoms with Crippen LogP contribution in [0.25, 0.3) is 0 Å². The van der Waals surface area contributed by atoms with Gasteiger partial charge < -0.3 is 148 Å². The molecule has 0 aromatic heterocycles. The molecule has 0 radical (unpaired) electrons. The van der Waals surface area contributed by atoms with Crippen molar-refractivity contribution in [2.75, 3.05) is 297 Å². The summed E-state index contributed by atoms with van der Waals surface area (Å²) in [6, 6.07) is 11.9. The standard InChI is InChI=1S/C95H161N3O36/c1-90(2,3)129-53-41-114-29-23-108-35-47-120-79-61-75(62-80(121-48-36-109-24-30-115-42-54-130-91(4,5)6)88(79)124-51-39-112-27-33-118-45-57-133-94(13,14)15)71-126-77-59-74(73-128-87(107)70-98(69-86(105)106)22-20-96(66-83(99)100)19-21-97(67-84(101)102)68-85(103)104)60-78(65-77)127-72-76-63-81(122-49-37-110-25-31-116-43-55-131-92(7,8)9)89(125-52-40-113-28-34-119-46-58-134-95(16,17)18)82(64-76)123-50-38-111-26-32-117-44-56-132-93(10,11)12/h59-65H,19-58,66-73H2,1-18H3,(H,99,100)(H,101,102)(H,103,104)(H,105,106). The van der Waals surface area contributed by atoms with Crippen LogP contribution >= 0.6 is 0 Å². The van der Waals surface area contributed by atoms with Gasteiger partial charge in [0.1, 0.15) is 71.0 Å². The predicted octanol–water partition coefficient (Wildman–Crippen LogP) is 9.49. The Morgan fingerprint density at radius 2 is 0.418 bits per heavy atom. The minimum Gasteiger partial charge on any atom is -0.489 e. The average Bonchev–Trinajstić information content (AvgIpc) is 0.818. The first kappa shape index (κ1) is 121. The van der Waals surface area contributed by atoms with Gasteiger partial charge in [-0.2, -0.15) is 0 Å². The second-order valence-corrected chi connectivity index (χ2v) is 36.4. The van der Waals surface area contributed by atoms with Gasteiger partial charge in [0.25, 0.3) is 0 Å². The third kappa shape index (κ3) is 69.4. The Labute approximate surface area is 793 Å². The number of benzene rings is 3. The molecule has 772 valence electrons. The maximum atomic E-state index is 14.1. The van der Waals surface area contributed by atoms with Gasteiger partial charge in [0, 0.05) is 32.2 Å². The van der Waals surface area contributed by atoms with E-state index in [0.717, 1.165) is 4.90 Å². The van der Waals surface area contributed by atoms with Gasteiger partial charge in [-0.05, 0) is 178 Å². The lowest BCUT2D eigenvalue weighted by molar-refractivity contribution is -0.148. The molecule has 0 saturated heterocycles. The van der Waals surface area contributed by atoms with Crippen molar-refractivity contribution in [3.63, 3.8) is 0 Å². The van der Waals surface area contributed by atoms with Gasteiger partial charge in [0.2, 0.25) is 11.5 Å². The van der Waals surface area contributed by atoms with Gasteiger partial charge in [-0.25, -0.2) is 0 Å². The third-order valence-corrected chi connectivity index (χ3v) is 17.3. The number of carbonyl (C=O) groups excluding carboxylic acids is 1. The van der Waals surface area contributed by atoms with Crippen molar-refractivity contribution < 1.29 is 172 Å². The van der Waals surface area contributed by atoms with E-state index in [4.69, 9.17) is 128 Å². The van der Waals surface area contributed by atoms with E-state index in [-0.39, 0.29) is 238 Å². The minimum absolute atomic E-state index is 0.0596. The number of hydrogen-bond acceptors (Lipinski definition) is 35. The number of carbonyl (C=O) groups is 5. The molecule has 0 aliphatic carbocycles. The van der Waals surface area contributed by atoms with Gasteiger partial charge in [0.15, 0.2) is 23.0 Å². The van der Waals surface area contributed by atoms with E-state index in [1.54, 1.807) is 42.5 Å². The number of esters is 1. The van der Waals surface area contributed by atoms with Gasteiger partial charge in [-0.1, -0.05) is 0 Å². The monoisotopic (exact) mass is 1920 g/mol. The summed E-state index contributed by atoms with van der Waals surface area (Å²) in [4.78, 5) is 65.4. The zero-order valence-electron chi connectivity index (χ0n) is 83.2. The van der Waals surface area contributed by atoms with Crippen LogP contribution in [-0.2, 0) is 134 Å². The summed E-state index contributed by atoms with van der Waals surface area (Å²) in [6.45, 7) is 40.8. The predicted molar refractivity (Wildman–Crippen MR) is 495 cm³/mol. The highest BCUT2D eigenvalue weighted by Crippen LogP contribution is 2.42. The highest BCUT2D eigenvalue weighted by Gasteiger charge is 2.25. The largest absolute Gasteiger partial charge is 0.489 e. The van der Waals surface area contributed by atoms with E-state index >= 15 is 0 Å². The van der Waals surface area contributed by atoms with Crippen molar-refractivity contribution in [3.8, 4) is 46.0 Å². The number of rotatable bonds is 84. The van der Waals surface area contributed by atoms with Crippen LogP contribution in [0.4, 0.5) is 0 Å². The molecule has 3 rings (SSSR count). The van der Waals surface area contributed by atoms with Crippen LogP contribution in [0.2, 0.25) is 0 Å². The molecule has 39 heteroatoms. The number of carboxylic acids is 4. The first-order valence-electron chi connectivity index (χ1n) is 46.0. The summed E-state index contributed by atoms with van der Waals surface area (Å²) >= 11 is 0. The molecule has 134 heavy (non-hydrogen) atoms. The minimum atomic E-state index is -1.31. The first-order valence-corrected chi connectivity index (χ1v) is 46.0. The lowest BCUT2D eigenvalue weighted by Gasteiger charge is -2.27. The molecule has 0 aliphatic rings.